The molecule has 6 heteroatoms. The smallest absolute Gasteiger partial charge is 0.216 e. The van der Waals surface area contributed by atoms with Gasteiger partial charge in [0, 0.05) is 26.2 Å². The number of sulfonamides is 1. The van der Waals surface area contributed by atoms with Crippen LogP contribution in [-0.4, -0.2) is 39.6 Å². The predicted octanol–water partition coefficient (Wildman–Crippen LogP) is 2.14. The van der Waals surface area contributed by atoms with E-state index in [1.165, 1.54) is 5.56 Å². The van der Waals surface area contributed by atoms with Crippen LogP contribution in [0.1, 0.15) is 16.7 Å². The summed E-state index contributed by atoms with van der Waals surface area (Å²) in [5.74, 6) is 0.00130. The van der Waals surface area contributed by atoms with Crippen molar-refractivity contribution in [2.24, 2.45) is 0 Å². The first kappa shape index (κ1) is 18.1. The highest BCUT2D eigenvalue weighted by Crippen LogP contribution is 2.11. The predicted molar refractivity (Wildman–Crippen MR) is 98.4 cm³/mol. The number of hydrogen-bond acceptors (Lipinski definition) is 4. The van der Waals surface area contributed by atoms with Crippen molar-refractivity contribution >= 4 is 10.0 Å². The molecular formula is C19H24N2O3S. The van der Waals surface area contributed by atoms with Crippen LogP contribution in [0.3, 0.4) is 0 Å². The van der Waals surface area contributed by atoms with Gasteiger partial charge in [-0.25, -0.2) is 13.1 Å². The maximum absolute atomic E-state index is 12.2. The highest BCUT2D eigenvalue weighted by molar-refractivity contribution is 7.88. The zero-order valence-electron chi connectivity index (χ0n) is 14.2. The van der Waals surface area contributed by atoms with Crippen molar-refractivity contribution in [2.75, 3.05) is 26.3 Å². The molecule has 0 atom stereocenters. The summed E-state index contributed by atoms with van der Waals surface area (Å²) in [7, 11) is -3.35. The topological polar surface area (TPSA) is 58.6 Å². The lowest BCUT2D eigenvalue weighted by Gasteiger charge is -2.26. The zero-order valence-corrected chi connectivity index (χ0v) is 15.0. The van der Waals surface area contributed by atoms with Crippen molar-refractivity contribution in [3.63, 3.8) is 0 Å². The van der Waals surface area contributed by atoms with Crippen LogP contribution in [0.2, 0.25) is 0 Å². The van der Waals surface area contributed by atoms with E-state index in [0.29, 0.717) is 6.54 Å². The highest BCUT2D eigenvalue weighted by atomic mass is 32.2. The van der Waals surface area contributed by atoms with E-state index >= 15 is 0 Å². The van der Waals surface area contributed by atoms with E-state index in [2.05, 4.69) is 21.8 Å². The van der Waals surface area contributed by atoms with Gasteiger partial charge in [0.1, 0.15) is 0 Å². The van der Waals surface area contributed by atoms with Gasteiger partial charge in [-0.1, -0.05) is 54.6 Å². The molecule has 5 nitrogen and oxygen atoms in total. The van der Waals surface area contributed by atoms with E-state index < -0.39 is 10.0 Å². The first-order valence-electron chi connectivity index (χ1n) is 8.50. The molecule has 1 saturated heterocycles. The first-order valence-corrected chi connectivity index (χ1v) is 10.2. The van der Waals surface area contributed by atoms with Crippen LogP contribution in [-0.2, 0) is 33.6 Å². The fourth-order valence-electron chi connectivity index (χ4n) is 2.89. The fraction of sp³-hybridized carbons (Fsp3) is 0.368. The molecule has 0 spiro atoms. The number of nitrogens with zero attached hydrogens (tertiary/aromatic N) is 1. The van der Waals surface area contributed by atoms with Gasteiger partial charge in [0.25, 0.3) is 0 Å². The molecule has 1 heterocycles. The van der Waals surface area contributed by atoms with E-state index in [1.54, 1.807) is 0 Å². The summed E-state index contributed by atoms with van der Waals surface area (Å²) >= 11 is 0. The minimum Gasteiger partial charge on any atom is -0.379 e. The van der Waals surface area contributed by atoms with Crippen molar-refractivity contribution in [2.45, 2.75) is 18.8 Å². The van der Waals surface area contributed by atoms with Gasteiger partial charge in [-0.05, 0) is 16.7 Å². The Morgan fingerprint density at radius 2 is 1.60 bits per heavy atom. The Morgan fingerprint density at radius 1 is 0.920 bits per heavy atom. The lowest BCUT2D eigenvalue weighted by atomic mass is 10.1. The summed E-state index contributed by atoms with van der Waals surface area (Å²) in [6.45, 7) is 4.61. The van der Waals surface area contributed by atoms with Gasteiger partial charge >= 0.3 is 0 Å². The van der Waals surface area contributed by atoms with E-state index in [0.717, 1.165) is 44.0 Å². The Balaban J connectivity index is 1.56. The van der Waals surface area contributed by atoms with Crippen LogP contribution >= 0.6 is 0 Å². The molecule has 0 bridgehead atoms. The molecule has 1 aliphatic rings. The molecule has 0 amide bonds. The second kappa shape index (κ2) is 8.58. The van der Waals surface area contributed by atoms with Gasteiger partial charge < -0.3 is 4.74 Å². The summed E-state index contributed by atoms with van der Waals surface area (Å²) in [6, 6.07) is 17.3. The second-order valence-corrected chi connectivity index (χ2v) is 8.08. The van der Waals surface area contributed by atoms with Gasteiger partial charge in [0.2, 0.25) is 10.0 Å². The number of hydrogen-bond donors (Lipinski definition) is 1. The molecule has 0 aliphatic carbocycles. The van der Waals surface area contributed by atoms with Crippen LogP contribution < -0.4 is 4.72 Å². The molecule has 1 fully saturated rings. The van der Waals surface area contributed by atoms with Crippen LogP contribution in [0.5, 0.6) is 0 Å². The first-order chi connectivity index (χ1) is 12.1. The average Bonchev–Trinajstić information content (AvgIpc) is 2.62. The monoisotopic (exact) mass is 360 g/mol. The highest BCUT2D eigenvalue weighted by Gasteiger charge is 2.13. The maximum atomic E-state index is 12.2. The molecule has 2 aromatic rings. The second-order valence-electron chi connectivity index (χ2n) is 6.27. The molecule has 0 saturated carbocycles. The van der Waals surface area contributed by atoms with Crippen molar-refractivity contribution in [3.05, 3.63) is 71.3 Å². The van der Waals surface area contributed by atoms with Crippen LogP contribution in [0, 0.1) is 0 Å². The van der Waals surface area contributed by atoms with E-state index in [1.807, 2.05) is 42.5 Å². The Labute approximate surface area is 149 Å². The molecule has 25 heavy (non-hydrogen) atoms. The Morgan fingerprint density at radius 3 is 2.36 bits per heavy atom. The van der Waals surface area contributed by atoms with E-state index in [4.69, 9.17) is 4.74 Å². The number of nitrogens with one attached hydrogen (secondary N) is 1. The summed E-state index contributed by atoms with van der Waals surface area (Å²) in [4.78, 5) is 2.35. The van der Waals surface area contributed by atoms with Crippen molar-refractivity contribution in [1.29, 1.82) is 0 Å². The lowest BCUT2D eigenvalue weighted by molar-refractivity contribution is 0.0342. The van der Waals surface area contributed by atoms with Crippen molar-refractivity contribution < 1.29 is 13.2 Å². The summed E-state index contributed by atoms with van der Waals surface area (Å²) in [5, 5.41) is 0. The molecule has 0 unspecified atom stereocenters. The molecule has 0 radical (unpaired) electrons. The molecule has 1 aliphatic heterocycles. The fourth-order valence-corrected chi connectivity index (χ4v) is 4.01. The molecule has 0 aromatic heterocycles. The Kier molecular flexibility index (Phi) is 6.20. The standard InChI is InChI=1S/C19H24N2O3S/c22-25(23,16-17-5-2-1-3-6-17)20-14-18-7-4-8-19(13-18)15-21-9-11-24-12-10-21/h1-8,13,20H,9-12,14-16H2. The molecule has 134 valence electrons. The summed E-state index contributed by atoms with van der Waals surface area (Å²) in [6.07, 6.45) is 0. The molecule has 2 aromatic carbocycles. The van der Waals surface area contributed by atoms with Gasteiger partial charge in [0.15, 0.2) is 0 Å². The molecule has 3 rings (SSSR count). The minimum absolute atomic E-state index is 0.00130. The third-order valence-electron chi connectivity index (χ3n) is 4.20. The Hall–Kier alpha value is -1.73. The SMILES string of the molecule is O=S(=O)(Cc1ccccc1)NCc1cccc(CN2CCOCC2)c1. The average molecular weight is 360 g/mol. The van der Waals surface area contributed by atoms with Crippen LogP contribution in [0.25, 0.3) is 0 Å². The lowest BCUT2D eigenvalue weighted by Crippen LogP contribution is -2.35. The van der Waals surface area contributed by atoms with Gasteiger partial charge in [-0.2, -0.15) is 0 Å². The van der Waals surface area contributed by atoms with Gasteiger partial charge in [-0.3, -0.25) is 4.90 Å². The maximum Gasteiger partial charge on any atom is 0.216 e. The van der Waals surface area contributed by atoms with Gasteiger partial charge in [0.05, 0.1) is 19.0 Å². The summed E-state index contributed by atoms with van der Waals surface area (Å²) in [5.41, 5.74) is 2.96. The van der Waals surface area contributed by atoms with Crippen molar-refractivity contribution in [3.8, 4) is 0 Å². The number of benzene rings is 2. The number of ether oxygens (including phenoxy) is 1. The zero-order chi connectivity index (χ0) is 17.5. The van der Waals surface area contributed by atoms with Crippen LogP contribution in [0.4, 0.5) is 0 Å². The van der Waals surface area contributed by atoms with Crippen LogP contribution in [0.15, 0.2) is 54.6 Å². The summed E-state index contributed by atoms with van der Waals surface area (Å²) < 4.78 is 32.5. The Bertz CT molecular complexity index is 772. The minimum atomic E-state index is -3.35. The van der Waals surface area contributed by atoms with Crippen molar-refractivity contribution in [1.82, 2.24) is 9.62 Å². The third kappa shape index (κ3) is 5.93. The molecular weight excluding hydrogens is 336 g/mol. The number of morpholine rings is 1. The normalized spacial score (nSPS) is 16.0. The molecule has 1 N–H and O–H groups in total. The van der Waals surface area contributed by atoms with E-state index in [-0.39, 0.29) is 5.75 Å². The largest absolute Gasteiger partial charge is 0.379 e. The van der Waals surface area contributed by atoms with Gasteiger partial charge in [-0.15, -0.1) is 0 Å². The number of rotatable bonds is 7. The quantitative estimate of drug-likeness (QED) is 0.822. The third-order valence-corrected chi connectivity index (χ3v) is 5.49. The van der Waals surface area contributed by atoms with E-state index in [9.17, 15) is 8.42 Å².